The number of urea groups is 1. The fourth-order valence-corrected chi connectivity index (χ4v) is 5.61. The first kappa shape index (κ1) is 26.2. The number of alkyl halides is 3. The molecule has 9 nitrogen and oxygen atoms in total. The van der Waals surface area contributed by atoms with Gasteiger partial charge in [-0.1, -0.05) is 31.5 Å². The lowest BCUT2D eigenvalue weighted by Gasteiger charge is -2.17. The van der Waals surface area contributed by atoms with Gasteiger partial charge in [-0.05, 0) is 24.1 Å². The molecule has 1 fully saturated rings. The molecule has 1 N–H and O–H groups in total. The van der Waals surface area contributed by atoms with E-state index in [1.807, 2.05) is 18.3 Å². The number of carbonyl (C=O) groups excluding carboxylic acids is 1. The zero-order valence-corrected chi connectivity index (χ0v) is 20.5. The van der Waals surface area contributed by atoms with Crippen molar-refractivity contribution in [3.8, 4) is 6.07 Å². The van der Waals surface area contributed by atoms with Crippen LogP contribution in [-0.2, 0) is 10.0 Å². The number of nitrogens with one attached hydrogen (secondary N) is 1. The Morgan fingerprint density at radius 3 is 2.65 bits per heavy atom. The molecule has 194 valence electrons. The van der Waals surface area contributed by atoms with E-state index in [0.717, 1.165) is 3.97 Å². The number of nitriles is 1. The molecule has 0 aliphatic carbocycles. The summed E-state index contributed by atoms with van der Waals surface area (Å²) >= 11 is 0. The van der Waals surface area contributed by atoms with Crippen molar-refractivity contribution in [2.45, 2.75) is 24.4 Å². The van der Waals surface area contributed by atoms with Crippen LogP contribution < -0.4 is 5.32 Å². The third kappa shape index (κ3) is 5.43. The second-order valence-corrected chi connectivity index (χ2v) is 10.4. The Labute approximate surface area is 211 Å². The van der Waals surface area contributed by atoms with Crippen LogP contribution in [0.1, 0.15) is 18.9 Å². The lowest BCUT2D eigenvalue weighted by atomic mass is 9.95. The van der Waals surface area contributed by atoms with E-state index in [9.17, 15) is 31.6 Å². The van der Waals surface area contributed by atoms with Gasteiger partial charge in [-0.2, -0.15) is 18.4 Å². The maximum atomic E-state index is 13.1. The van der Waals surface area contributed by atoms with Gasteiger partial charge in [0.1, 0.15) is 12.6 Å². The Balaban J connectivity index is 1.64. The van der Waals surface area contributed by atoms with Gasteiger partial charge in [0.05, 0.1) is 16.1 Å². The summed E-state index contributed by atoms with van der Waals surface area (Å²) in [7, 11) is -3.95. The molecule has 1 aliphatic rings. The van der Waals surface area contributed by atoms with E-state index < -0.39 is 28.8 Å². The van der Waals surface area contributed by atoms with E-state index in [2.05, 4.69) is 9.98 Å². The molecule has 0 bridgehead atoms. The first-order valence-corrected chi connectivity index (χ1v) is 12.8. The predicted octanol–water partition coefficient (Wildman–Crippen LogP) is 4.08. The molecule has 2 amide bonds. The molecule has 0 saturated carbocycles. The summed E-state index contributed by atoms with van der Waals surface area (Å²) in [6.45, 7) is 0.911. The number of carbonyl (C=O) groups is 1. The molecule has 1 saturated heterocycles. The van der Waals surface area contributed by atoms with Crippen LogP contribution in [-0.4, -0.2) is 60.3 Å². The van der Waals surface area contributed by atoms with Crippen molar-refractivity contribution in [3.63, 3.8) is 0 Å². The minimum absolute atomic E-state index is 0.0497. The molecular weight excluding hydrogens is 509 g/mol. The van der Waals surface area contributed by atoms with Crippen molar-refractivity contribution in [2.24, 2.45) is 16.8 Å². The molecule has 3 heterocycles. The minimum Gasteiger partial charge on any atom is -0.329 e. The van der Waals surface area contributed by atoms with E-state index in [1.165, 1.54) is 35.5 Å². The van der Waals surface area contributed by atoms with Crippen molar-refractivity contribution in [1.82, 2.24) is 19.2 Å². The highest BCUT2D eigenvalue weighted by molar-refractivity contribution is 7.90. The second-order valence-electron chi connectivity index (χ2n) is 8.59. The summed E-state index contributed by atoms with van der Waals surface area (Å²) in [5.74, 6) is -0.321. The first-order chi connectivity index (χ1) is 17.5. The number of hydrogen-bond donors (Lipinski definition) is 1. The number of aromatic nitrogens is 2. The van der Waals surface area contributed by atoms with Crippen LogP contribution in [0, 0.1) is 23.2 Å². The van der Waals surface area contributed by atoms with Crippen molar-refractivity contribution in [1.29, 1.82) is 5.26 Å². The van der Waals surface area contributed by atoms with Gasteiger partial charge in [-0.25, -0.2) is 22.2 Å². The summed E-state index contributed by atoms with van der Waals surface area (Å²) in [6.07, 6.45) is 0.309. The van der Waals surface area contributed by atoms with Gasteiger partial charge in [0.15, 0.2) is 5.65 Å². The summed E-state index contributed by atoms with van der Waals surface area (Å²) in [6, 6.07) is 10.6. The molecule has 1 unspecified atom stereocenters. The summed E-state index contributed by atoms with van der Waals surface area (Å²) in [4.78, 5) is 22.3. The Hall–Kier alpha value is -3.92. The van der Waals surface area contributed by atoms with E-state index >= 15 is 0 Å². The number of aliphatic imine (C=N–C) groups is 1. The number of nitrogens with zero attached hydrogens (tertiary/aromatic N) is 5. The van der Waals surface area contributed by atoms with Crippen LogP contribution in [0.2, 0.25) is 0 Å². The number of fused-ring (bicyclic) bond motifs is 1. The molecule has 4 rings (SSSR count). The van der Waals surface area contributed by atoms with Gasteiger partial charge in [0.2, 0.25) is 0 Å². The fraction of sp³-hybridized carbons (Fsp3) is 0.333. The number of hydrogen-bond acceptors (Lipinski definition) is 6. The monoisotopic (exact) mass is 532 g/mol. The number of rotatable bonds is 6. The smallest absolute Gasteiger partial charge is 0.329 e. The molecule has 2 aromatic heterocycles. The fourth-order valence-electron chi connectivity index (χ4n) is 4.29. The van der Waals surface area contributed by atoms with Crippen molar-refractivity contribution in [2.75, 3.05) is 19.6 Å². The third-order valence-corrected chi connectivity index (χ3v) is 7.89. The molecule has 0 radical (unpaired) electrons. The van der Waals surface area contributed by atoms with E-state index in [1.54, 1.807) is 24.4 Å². The largest absolute Gasteiger partial charge is 0.405 e. The highest BCUT2D eigenvalue weighted by Crippen LogP contribution is 2.32. The average Bonchev–Trinajstić information content (AvgIpc) is 3.50. The van der Waals surface area contributed by atoms with E-state index in [-0.39, 0.29) is 46.7 Å². The Bertz CT molecular complexity index is 1480. The zero-order chi connectivity index (χ0) is 26.8. The van der Waals surface area contributed by atoms with Crippen LogP contribution in [0.25, 0.3) is 11.0 Å². The standard InChI is InChI=1S/C24H23F3N6O3S/c1-2-16-13-32(23(34)31-15-24(25,26)27)14-18(16)12-29-21-17(10-28)11-30-22-20(21)8-9-33(22)37(35,36)19-6-4-3-5-7-19/h3-9,11-12,16,18H,2,13-15H2,1H3,(H,31,34)/b29-12-/t16-,18?/m1/s1. The molecule has 13 heteroatoms. The van der Waals surface area contributed by atoms with E-state index in [0.29, 0.717) is 11.8 Å². The van der Waals surface area contributed by atoms with Gasteiger partial charge < -0.3 is 10.2 Å². The molecule has 1 aliphatic heterocycles. The van der Waals surface area contributed by atoms with Gasteiger partial charge in [0.25, 0.3) is 10.0 Å². The van der Waals surface area contributed by atoms with Crippen molar-refractivity contribution < 1.29 is 26.4 Å². The number of benzene rings is 1. The lowest BCUT2D eigenvalue weighted by Crippen LogP contribution is -2.42. The quantitative estimate of drug-likeness (QED) is 0.480. The van der Waals surface area contributed by atoms with Crippen LogP contribution in [0.3, 0.4) is 0 Å². The number of halogens is 3. The van der Waals surface area contributed by atoms with Crippen LogP contribution in [0.4, 0.5) is 23.7 Å². The molecule has 2 atom stereocenters. The SMILES string of the molecule is CC[C@@H]1CN(C(=O)NCC(F)(F)F)CC1/C=N\c1c(C#N)cnc2c1ccn2S(=O)(=O)c1ccccc1. The van der Waals surface area contributed by atoms with Crippen molar-refractivity contribution >= 4 is 39.0 Å². The summed E-state index contributed by atoms with van der Waals surface area (Å²) in [5.41, 5.74) is 0.454. The molecule has 37 heavy (non-hydrogen) atoms. The highest BCUT2D eigenvalue weighted by Gasteiger charge is 2.35. The zero-order valence-electron chi connectivity index (χ0n) is 19.7. The Kier molecular flexibility index (Phi) is 7.22. The maximum absolute atomic E-state index is 13.1. The summed E-state index contributed by atoms with van der Waals surface area (Å²) in [5, 5.41) is 11.8. The van der Waals surface area contributed by atoms with E-state index in [4.69, 9.17) is 0 Å². The second kappa shape index (κ2) is 10.2. The maximum Gasteiger partial charge on any atom is 0.405 e. The third-order valence-electron chi connectivity index (χ3n) is 6.21. The normalized spacial score (nSPS) is 18.4. The van der Waals surface area contributed by atoms with Crippen LogP contribution >= 0.6 is 0 Å². The Morgan fingerprint density at radius 2 is 2.00 bits per heavy atom. The van der Waals surface area contributed by atoms with Gasteiger partial charge in [-0.3, -0.25) is 4.99 Å². The van der Waals surface area contributed by atoms with Gasteiger partial charge >= 0.3 is 12.2 Å². The Morgan fingerprint density at radius 1 is 1.27 bits per heavy atom. The molecule has 3 aromatic rings. The average molecular weight is 533 g/mol. The van der Waals surface area contributed by atoms with Crippen LogP contribution in [0.15, 0.2) is 58.7 Å². The number of amides is 2. The van der Waals surface area contributed by atoms with Crippen LogP contribution in [0.5, 0.6) is 0 Å². The summed E-state index contributed by atoms with van der Waals surface area (Å²) < 4.78 is 64.7. The number of likely N-dealkylation sites (tertiary alicyclic amines) is 1. The molecule has 0 spiro atoms. The topological polar surface area (TPSA) is 120 Å². The predicted molar refractivity (Wildman–Crippen MR) is 130 cm³/mol. The van der Waals surface area contributed by atoms with Gasteiger partial charge in [0, 0.05) is 43.0 Å². The number of pyridine rings is 1. The lowest BCUT2D eigenvalue weighted by molar-refractivity contribution is -0.123. The van der Waals surface area contributed by atoms with Gasteiger partial charge in [-0.15, -0.1) is 0 Å². The minimum atomic E-state index is -4.51. The molecular formula is C24H23F3N6O3S. The van der Waals surface area contributed by atoms with Crippen molar-refractivity contribution in [3.05, 3.63) is 54.4 Å². The first-order valence-electron chi connectivity index (χ1n) is 11.4. The molecule has 1 aromatic carbocycles. The highest BCUT2D eigenvalue weighted by atomic mass is 32.2.